The van der Waals surface area contributed by atoms with Gasteiger partial charge in [-0.15, -0.1) is 0 Å². The van der Waals surface area contributed by atoms with Gasteiger partial charge < -0.3 is 5.32 Å². The Morgan fingerprint density at radius 2 is 1.95 bits per heavy atom. The number of carbonyl (C=O) groups is 1. The third kappa shape index (κ3) is 3.69. The van der Waals surface area contributed by atoms with E-state index in [1.165, 1.54) is 0 Å². The average Bonchev–Trinajstić information content (AvgIpc) is 2.31. The summed E-state index contributed by atoms with van der Waals surface area (Å²) in [6, 6.07) is 0.915. The Kier molecular flexibility index (Phi) is 4.56. The SMILES string of the molecule is CC(C)(CBr)NC(=O)c1cc(F)c(F)cc1[N+](=O)[O-]. The molecule has 0 aliphatic heterocycles. The van der Waals surface area contributed by atoms with Crippen LogP contribution in [0.1, 0.15) is 24.2 Å². The summed E-state index contributed by atoms with van der Waals surface area (Å²) in [6.07, 6.45) is 0. The first-order chi connectivity index (χ1) is 8.68. The quantitative estimate of drug-likeness (QED) is 0.522. The first-order valence-corrected chi connectivity index (χ1v) is 6.32. The molecule has 1 amide bonds. The van der Waals surface area contributed by atoms with Gasteiger partial charge in [-0.3, -0.25) is 14.9 Å². The standard InChI is InChI=1S/C11H11BrF2N2O3/c1-11(2,5-12)15-10(17)6-3-7(13)8(14)4-9(6)16(18)19/h3-4H,5H2,1-2H3,(H,15,17). The number of nitro benzene ring substituents is 1. The Balaban J connectivity index is 3.22. The highest BCUT2D eigenvalue weighted by atomic mass is 79.9. The lowest BCUT2D eigenvalue weighted by atomic mass is 10.1. The monoisotopic (exact) mass is 336 g/mol. The van der Waals surface area contributed by atoms with Crippen molar-refractivity contribution in [2.75, 3.05) is 5.33 Å². The smallest absolute Gasteiger partial charge is 0.285 e. The van der Waals surface area contributed by atoms with Crippen LogP contribution in [0.4, 0.5) is 14.5 Å². The number of hydrogen-bond acceptors (Lipinski definition) is 3. The highest BCUT2D eigenvalue weighted by molar-refractivity contribution is 9.09. The van der Waals surface area contributed by atoms with Gasteiger partial charge in [-0.25, -0.2) is 8.78 Å². The molecule has 104 valence electrons. The maximum Gasteiger partial charge on any atom is 0.285 e. The van der Waals surface area contributed by atoms with Gasteiger partial charge in [0.1, 0.15) is 5.56 Å². The summed E-state index contributed by atoms with van der Waals surface area (Å²) in [5.74, 6) is -3.52. The second-order valence-corrected chi connectivity index (χ2v) is 5.07. The lowest BCUT2D eigenvalue weighted by Gasteiger charge is -2.23. The Morgan fingerprint density at radius 3 is 2.42 bits per heavy atom. The maximum absolute atomic E-state index is 13.1. The van der Waals surface area contributed by atoms with Gasteiger partial charge in [-0.1, -0.05) is 15.9 Å². The zero-order valence-corrected chi connectivity index (χ0v) is 11.8. The minimum absolute atomic E-state index is 0.392. The summed E-state index contributed by atoms with van der Waals surface area (Å²) in [6.45, 7) is 3.34. The summed E-state index contributed by atoms with van der Waals surface area (Å²) >= 11 is 3.16. The number of nitrogens with zero attached hydrogens (tertiary/aromatic N) is 1. The first-order valence-electron chi connectivity index (χ1n) is 5.20. The molecule has 0 saturated carbocycles. The van der Waals surface area contributed by atoms with E-state index in [1.807, 2.05) is 0 Å². The van der Waals surface area contributed by atoms with Gasteiger partial charge >= 0.3 is 0 Å². The molecule has 0 radical (unpaired) electrons. The number of halogens is 3. The number of rotatable bonds is 4. The minimum Gasteiger partial charge on any atom is -0.346 e. The van der Waals surface area contributed by atoms with Gasteiger partial charge in [0.05, 0.1) is 11.0 Å². The molecule has 0 unspecified atom stereocenters. The molecule has 0 atom stereocenters. The molecule has 0 bridgehead atoms. The highest BCUT2D eigenvalue weighted by Gasteiger charge is 2.27. The van der Waals surface area contributed by atoms with Crippen LogP contribution in [0.3, 0.4) is 0 Å². The Hall–Kier alpha value is -1.57. The third-order valence-electron chi connectivity index (χ3n) is 2.27. The number of nitrogens with one attached hydrogen (secondary N) is 1. The van der Waals surface area contributed by atoms with Gasteiger partial charge in [-0.05, 0) is 19.9 Å². The molecule has 1 N–H and O–H groups in total. The first kappa shape index (κ1) is 15.5. The van der Waals surface area contributed by atoms with Crippen LogP contribution >= 0.6 is 15.9 Å². The highest BCUT2D eigenvalue weighted by Crippen LogP contribution is 2.23. The average molecular weight is 337 g/mol. The Labute approximate surface area is 116 Å². The van der Waals surface area contributed by atoms with Crippen LogP contribution in [0, 0.1) is 21.7 Å². The molecule has 19 heavy (non-hydrogen) atoms. The Bertz CT molecular complexity index is 535. The molecule has 0 saturated heterocycles. The van der Waals surface area contributed by atoms with Gasteiger partial charge in [0.25, 0.3) is 11.6 Å². The van der Waals surface area contributed by atoms with Crippen LogP contribution in [0.5, 0.6) is 0 Å². The number of hydrogen-bond donors (Lipinski definition) is 1. The van der Waals surface area contributed by atoms with E-state index in [-0.39, 0.29) is 0 Å². The normalized spacial score (nSPS) is 11.2. The number of benzene rings is 1. The van der Waals surface area contributed by atoms with Crippen molar-refractivity contribution in [2.45, 2.75) is 19.4 Å². The van der Waals surface area contributed by atoms with Gasteiger partial charge in [0.15, 0.2) is 11.6 Å². The van der Waals surface area contributed by atoms with Crippen LogP contribution in [-0.2, 0) is 0 Å². The summed E-state index contributed by atoms with van der Waals surface area (Å²) in [7, 11) is 0. The summed E-state index contributed by atoms with van der Waals surface area (Å²) in [5.41, 5.74) is -1.98. The molecule has 0 heterocycles. The van der Waals surface area contributed by atoms with Crippen molar-refractivity contribution < 1.29 is 18.5 Å². The number of carbonyl (C=O) groups excluding carboxylic acids is 1. The number of amides is 1. The number of alkyl halides is 1. The molecular weight excluding hydrogens is 326 g/mol. The molecule has 0 spiro atoms. The zero-order valence-electron chi connectivity index (χ0n) is 10.2. The Morgan fingerprint density at radius 1 is 1.42 bits per heavy atom. The van der Waals surface area contributed by atoms with Gasteiger partial charge in [0, 0.05) is 10.9 Å². The minimum atomic E-state index is -1.37. The van der Waals surface area contributed by atoms with Crippen molar-refractivity contribution >= 4 is 27.5 Å². The maximum atomic E-state index is 13.1. The van der Waals surface area contributed by atoms with E-state index in [0.717, 1.165) is 0 Å². The molecule has 0 aliphatic carbocycles. The fraction of sp³-hybridized carbons (Fsp3) is 0.364. The van der Waals surface area contributed by atoms with Crippen molar-refractivity contribution in [3.8, 4) is 0 Å². The molecule has 5 nitrogen and oxygen atoms in total. The van der Waals surface area contributed by atoms with E-state index in [4.69, 9.17) is 0 Å². The van der Waals surface area contributed by atoms with Crippen molar-refractivity contribution in [2.24, 2.45) is 0 Å². The summed E-state index contributed by atoms with van der Waals surface area (Å²) < 4.78 is 26.1. The van der Waals surface area contributed by atoms with Crippen molar-refractivity contribution in [1.29, 1.82) is 0 Å². The van der Waals surface area contributed by atoms with Crippen LogP contribution in [0.2, 0.25) is 0 Å². The van der Waals surface area contributed by atoms with Crippen LogP contribution in [0.25, 0.3) is 0 Å². The molecule has 1 aromatic rings. The van der Waals surface area contributed by atoms with E-state index in [1.54, 1.807) is 13.8 Å². The second-order valence-electron chi connectivity index (χ2n) is 4.51. The van der Waals surface area contributed by atoms with Crippen LogP contribution < -0.4 is 5.32 Å². The van der Waals surface area contributed by atoms with Crippen LogP contribution in [0.15, 0.2) is 12.1 Å². The lowest BCUT2D eigenvalue weighted by Crippen LogP contribution is -2.45. The lowest BCUT2D eigenvalue weighted by molar-refractivity contribution is -0.385. The van der Waals surface area contributed by atoms with Gasteiger partial charge in [0.2, 0.25) is 0 Å². The number of nitro groups is 1. The predicted molar refractivity (Wildman–Crippen MR) is 68.4 cm³/mol. The van der Waals surface area contributed by atoms with E-state index < -0.39 is 39.3 Å². The fourth-order valence-corrected chi connectivity index (χ4v) is 1.42. The van der Waals surface area contributed by atoms with E-state index in [2.05, 4.69) is 21.2 Å². The zero-order chi connectivity index (χ0) is 14.8. The molecule has 0 fully saturated rings. The molecule has 0 aliphatic rings. The molecule has 8 heteroatoms. The van der Waals surface area contributed by atoms with Crippen molar-refractivity contribution in [3.05, 3.63) is 39.4 Å². The summed E-state index contributed by atoms with van der Waals surface area (Å²) in [5, 5.41) is 13.6. The van der Waals surface area contributed by atoms with E-state index in [9.17, 15) is 23.7 Å². The predicted octanol–water partition coefficient (Wildman–Crippen LogP) is 2.78. The van der Waals surface area contributed by atoms with Gasteiger partial charge in [-0.2, -0.15) is 0 Å². The molecule has 1 rings (SSSR count). The van der Waals surface area contributed by atoms with E-state index in [0.29, 0.717) is 17.5 Å². The molecular formula is C11H11BrF2N2O3. The topological polar surface area (TPSA) is 72.2 Å². The molecule has 0 aromatic heterocycles. The fourth-order valence-electron chi connectivity index (χ4n) is 1.28. The van der Waals surface area contributed by atoms with Crippen molar-refractivity contribution in [3.63, 3.8) is 0 Å². The van der Waals surface area contributed by atoms with E-state index >= 15 is 0 Å². The second kappa shape index (κ2) is 5.60. The third-order valence-corrected chi connectivity index (χ3v) is 3.67. The largest absolute Gasteiger partial charge is 0.346 e. The summed E-state index contributed by atoms with van der Waals surface area (Å²) in [4.78, 5) is 21.7. The molecule has 1 aromatic carbocycles. The van der Waals surface area contributed by atoms with Crippen LogP contribution in [-0.4, -0.2) is 21.7 Å². The van der Waals surface area contributed by atoms with Crippen molar-refractivity contribution in [1.82, 2.24) is 5.32 Å².